The zero-order valence-corrected chi connectivity index (χ0v) is 38.5. The van der Waals surface area contributed by atoms with Gasteiger partial charge in [-0.3, -0.25) is 0 Å². The van der Waals surface area contributed by atoms with E-state index in [0.29, 0.717) is 11.8 Å². The number of aromatic nitrogens is 1. The summed E-state index contributed by atoms with van der Waals surface area (Å²) < 4.78 is 2.32. The Bertz CT molecular complexity index is 3040. The van der Waals surface area contributed by atoms with E-state index in [4.69, 9.17) is 0 Å². The molecule has 3 heterocycles. The summed E-state index contributed by atoms with van der Waals surface area (Å²) in [6.45, 7) is 6.84. The van der Waals surface area contributed by atoms with E-state index >= 15 is 0 Å². The predicted octanol–water partition coefficient (Wildman–Crippen LogP) is 15.9. The van der Waals surface area contributed by atoms with Crippen LogP contribution in [0, 0.1) is 5.92 Å². The number of nitrogens with one attached hydrogen (secondary N) is 1. The van der Waals surface area contributed by atoms with Crippen LogP contribution >= 0.6 is 0 Å². The predicted molar refractivity (Wildman–Crippen MR) is 280 cm³/mol. The van der Waals surface area contributed by atoms with E-state index in [1.807, 2.05) is 19.2 Å². The van der Waals surface area contributed by atoms with Crippen molar-refractivity contribution in [2.45, 2.75) is 77.6 Å². The van der Waals surface area contributed by atoms with Gasteiger partial charge in [0.1, 0.15) is 0 Å². The molecule has 0 fully saturated rings. The molecule has 0 spiro atoms. The fourth-order valence-electron chi connectivity index (χ4n) is 10.5. The Hall–Kier alpha value is -6.84. The SMILES string of the molecule is CC/C(=C\C=C(/C)C1=CC(c2ccc3c4c(c5ccccc5c3c2)C=CCC4)CC=C1)N1C2=CC(C=CC=C2)c2cc(-c3cc4n(c3)C=CC(CC)C4)ccc21.CNC1=CC=CC=CC1. The fraction of sp³-hybridized carbons (Fsp3) is 0.226. The Labute approximate surface area is 386 Å². The van der Waals surface area contributed by atoms with E-state index in [2.05, 4.69) is 212 Å². The molecular weight excluding hydrogens is 787 g/mol. The van der Waals surface area contributed by atoms with Crippen LogP contribution in [0.3, 0.4) is 0 Å². The molecule has 0 radical (unpaired) electrons. The van der Waals surface area contributed by atoms with Crippen molar-refractivity contribution in [3.05, 3.63) is 232 Å². The normalized spacial score (nSPS) is 20.6. The van der Waals surface area contributed by atoms with Gasteiger partial charge in [-0.25, -0.2) is 0 Å². The maximum absolute atomic E-state index is 3.10. The highest BCUT2D eigenvalue weighted by Gasteiger charge is 2.28. The second-order valence-corrected chi connectivity index (χ2v) is 18.2. The summed E-state index contributed by atoms with van der Waals surface area (Å²) in [5, 5.41) is 8.65. The zero-order chi connectivity index (χ0) is 44.3. The molecule has 3 unspecified atom stereocenters. The highest BCUT2D eigenvalue weighted by atomic mass is 15.2. The number of benzene rings is 4. The van der Waals surface area contributed by atoms with Gasteiger partial charge in [0.05, 0.1) is 0 Å². The average Bonchev–Trinajstić information content (AvgIpc) is 3.47. The molecule has 1 N–H and O–H groups in total. The maximum Gasteiger partial charge on any atom is 0.0499 e. The summed E-state index contributed by atoms with van der Waals surface area (Å²) in [7, 11) is 1.94. The molecule has 3 atom stereocenters. The lowest BCUT2D eigenvalue weighted by atomic mass is 9.83. The van der Waals surface area contributed by atoms with Crippen molar-refractivity contribution < 1.29 is 0 Å². The Morgan fingerprint density at radius 3 is 2.57 bits per heavy atom. The third kappa shape index (κ3) is 8.49. The van der Waals surface area contributed by atoms with E-state index < -0.39 is 0 Å². The van der Waals surface area contributed by atoms with Crippen LogP contribution in [0.4, 0.5) is 5.69 Å². The van der Waals surface area contributed by atoms with E-state index in [-0.39, 0.29) is 5.92 Å². The third-order valence-corrected chi connectivity index (χ3v) is 14.2. The minimum atomic E-state index is 0.244. The van der Waals surface area contributed by atoms with Gasteiger partial charge in [-0.05, 0) is 160 Å². The number of fused-ring (bicyclic) bond motifs is 10. The second-order valence-electron chi connectivity index (χ2n) is 18.2. The first-order chi connectivity index (χ1) is 32.0. The molecule has 324 valence electrons. The number of rotatable bonds is 8. The van der Waals surface area contributed by atoms with Crippen LogP contribution in [-0.2, 0) is 12.8 Å². The first kappa shape index (κ1) is 42.1. The summed E-state index contributed by atoms with van der Waals surface area (Å²) >= 11 is 0. The topological polar surface area (TPSA) is 20.2 Å². The lowest BCUT2D eigenvalue weighted by Gasteiger charge is -2.35. The summed E-state index contributed by atoms with van der Waals surface area (Å²) in [6.07, 6.45) is 52.8. The Morgan fingerprint density at radius 2 is 1.69 bits per heavy atom. The van der Waals surface area contributed by atoms with Crippen LogP contribution in [-0.4, -0.2) is 11.6 Å². The first-order valence-electron chi connectivity index (χ1n) is 24.0. The molecule has 65 heavy (non-hydrogen) atoms. The zero-order valence-electron chi connectivity index (χ0n) is 38.5. The first-order valence-corrected chi connectivity index (χ1v) is 24.0. The van der Waals surface area contributed by atoms with Gasteiger partial charge in [-0.2, -0.15) is 0 Å². The molecule has 0 saturated carbocycles. The molecule has 11 rings (SSSR count). The lowest BCUT2D eigenvalue weighted by molar-refractivity contribution is 0.597. The van der Waals surface area contributed by atoms with Gasteiger partial charge in [0.15, 0.2) is 0 Å². The second kappa shape index (κ2) is 18.7. The van der Waals surface area contributed by atoms with E-state index in [9.17, 15) is 0 Å². The standard InChI is InChI=1S/C54H50N2.C8H11N/c1-4-37-27-28-55-35-43(32-46(55)29-37)41-23-26-54-52(33-41)42-13-6-7-16-45(31-42)56(54)44(5-2)24-21-36(3)38-14-12-15-39(30-38)40-22-25-51-49-19-9-8-17-47(49)48-18-10-11-20-50(48)53(51)34-40;1-9-8-6-4-2-3-5-7-8/h6-8,10-14,16-18,20-28,30-35,37,39,42H,4-5,9,15,19,29H2,1-3H3;2-6,9H,7H2,1H3/b36-21+,44-24+;. The van der Waals surface area contributed by atoms with Gasteiger partial charge >= 0.3 is 0 Å². The molecule has 1 aromatic heterocycles. The molecular formula is C62H61N3. The minimum Gasteiger partial charge on any atom is -0.391 e. The van der Waals surface area contributed by atoms with Crippen LogP contribution in [0.1, 0.15) is 92.7 Å². The minimum absolute atomic E-state index is 0.244. The van der Waals surface area contributed by atoms with E-state index in [1.54, 1.807) is 0 Å². The van der Waals surface area contributed by atoms with Gasteiger partial charge in [-0.15, -0.1) is 0 Å². The summed E-state index contributed by atoms with van der Waals surface area (Å²) in [6, 6.07) is 25.8. The van der Waals surface area contributed by atoms with Gasteiger partial charge in [0.2, 0.25) is 0 Å². The smallest absolute Gasteiger partial charge is 0.0499 e. The maximum atomic E-state index is 3.10. The van der Waals surface area contributed by atoms with Gasteiger partial charge in [-0.1, -0.05) is 141 Å². The van der Waals surface area contributed by atoms with Crippen LogP contribution in [0.25, 0.3) is 44.9 Å². The number of allylic oxidation sites excluding steroid dienone is 20. The molecule has 0 saturated heterocycles. The van der Waals surface area contributed by atoms with Crippen molar-refractivity contribution in [3.63, 3.8) is 0 Å². The van der Waals surface area contributed by atoms with Crippen molar-refractivity contribution in [1.29, 1.82) is 0 Å². The van der Waals surface area contributed by atoms with Crippen molar-refractivity contribution in [1.82, 2.24) is 9.88 Å². The van der Waals surface area contributed by atoms with Crippen molar-refractivity contribution in [3.8, 4) is 11.1 Å². The van der Waals surface area contributed by atoms with Crippen molar-refractivity contribution in [2.24, 2.45) is 5.92 Å². The molecule has 3 heteroatoms. The molecule has 6 aliphatic rings. The van der Waals surface area contributed by atoms with Crippen LogP contribution in [0.2, 0.25) is 0 Å². The number of anilines is 1. The highest BCUT2D eigenvalue weighted by molar-refractivity contribution is 6.13. The van der Waals surface area contributed by atoms with E-state index in [1.165, 1.54) is 101 Å². The van der Waals surface area contributed by atoms with Gasteiger partial charge < -0.3 is 14.8 Å². The van der Waals surface area contributed by atoms with Crippen LogP contribution in [0.5, 0.6) is 0 Å². The average molecular weight is 848 g/mol. The Morgan fingerprint density at radius 1 is 0.785 bits per heavy atom. The number of nitrogens with zero attached hydrogens (tertiary/aromatic N) is 2. The molecule has 3 nitrogen and oxygen atoms in total. The Kier molecular flexibility index (Phi) is 12.1. The third-order valence-electron chi connectivity index (χ3n) is 14.2. The number of hydrogen-bond acceptors (Lipinski definition) is 2. The molecule has 4 aliphatic carbocycles. The molecule has 2 bridgehead atoms. The molecule has 4 aromatic carbocycles. The summed E-state index contributed by atoms with van der Waals surface area (Å²) in [5.74, 6) is 1.22. The summed E-state index contributed by atoms with van der Waals surface area (Å²) in [5.41, 5.74) is 17.3. The Balaban J connectivity index is 0.000000497. The molecule has 2 aliphatic heterocycles. The number of hydrogen-bond donors (Lipinski definition) is 1. The molecule has 5 aromatic rings. The van der Waals surface area contributed by atoms with Crippen LogP contribution in [0.15, 0.2) is 204 Å². The van der Waals surface area contributed by atoms with E-state index in [0.717, 1.165) is 38.5 Å². The monoisotopic (exact) mass is 847 g/mol. The fourth-order valence-corrected chi connectivity index (χ4v) is 10.5. The van der Waals surface area contributed by atoms with Gasteiger partial charge in [0, 0.05) is 71.7 Å². The highest BCUT2D eigenvalue weighted by Crippen LogP contribution is 2.44. The summed E-state index contributed by atoms with van der Waals surface area (Å²) in [4.78, 5) is 2.49. The van der Waals surface area contributed by atoms with Crippen LogP contribution < -0.4 is 10.2 Å². The quantitative estimate of drug-likeness (QED) is 0.124. The van der Waals surface area contributed by atoms with Crippen molar-refractivity contribution in [2.75, 3.05) is 11.9 Å². The van der Waals surface area contributed by atoms with Gasteiger partial charge in [0.25, 0.3) is 0 Å². The number of aryl methyl sites for hydroxylation is 1. The van der Waals surface area contributed by atoms with Crippen molar-refractivity contribution >= 4 is 39.5 Å². The largest absolute Gasteiger partial charge is 0.391 e. The lowest BCUT2D eigenvalue weighted by Crippen LogP contribution is -2.25. The molecule has 0 amide bonds.